The molecule has 0 aliphatic carbocycles. The number of hydrogen-bond donors (Lipinski definition) is 1. The van der Waals surface area contributed by atoms with Gasteiger partial charge >= 0.3 is 5.97 Å². The molecule has 1 N–H and O–H groups in total. The number of nitriles is 1. The molecule has 0 spiro atoms. The average molecular weight is 384 g/mol. The lowest BCUT2D eigenvalue weighted by molar-refractivity contribution is -0.115. The molecule has 0 bridgehead atoms. The number of thioether (sulfide) groups is 1. The third-order valence-corrected chi connectivity index (χ3v) is 5.78. The molecule has 1 aliphatic rings. The first-order chi connectivity index (χ1) is 12.9. The fraction of sp³-hybridized carbons (Fsp3) is 0.250. The molecule has 138 valence electrons. The van der Waals surface area contributed by atoms with E-state index in [0.717, 1.165) is 5.56 Å². The summed E-state index contributed by atoms with van der Waals surface area (Å²) < 4.78 is 13.3. The predicted octanol–water partition coefficient (Wildman–Crippen LogP) is 4.07. The molecule has 0 saturated carbocycles. The van der Waals surface area contributed by atoms with E-state index in [4.69, 9.17) is 5.26 Å². The zero-order valence-electron chi connectivity index (χ0n) is 14.6. The summed E-state index contributed by atoms with van der Waals surface area (Å²) in [6.07, 6.45) is 0.489. The fourth-order valence-corrected chi connectivity index (χ4v) is 4.44. The average Bonchev–Trinajstić information content (AvgIpc) is 3.02. The molecular formula is C20H17FN2O3S. The number of carbonyl (C=O) groups excluding carboxylic acids is 1. The third-order valence-electron chi connectivity index (χ3n) is 4.57. The molecule has 1 aliphatic heterocycles. The number of aromatic carboxylic acids is 1. The summed E-state index contributed by atoms with van der Waals surface area (Å²) in [7, 11) is 0. The van der Waals surface area contributed by atoms with Gasteiger partial charge in [0.1, 0.15) is 11.2 Å². The van der Waals surface area contributed by atoms with E-state index < -0.39 is 5.97 Å². The SMILES string of the molecule is Cc1c(N2C(=O)CSC2c2ccc(F)cc2)ccc(C(=O)O)c1CCC#N. The first-order valence-corrected chi connectivity index (χ1v) is 9.40. The van der Waals surface area contributed by atoms with Crippen molar-refractivity contribution in [1.82, 2.24) is 0 Å². The highest BCUT2D eigenvalue weighted by Crippen LogP contribution is 2.43. The largest absolute Gasteiger partial charge is 0.478 e. The van der Waals surface area contributed by atoms with Gasteiger partial charge in [-0.15, -0.1) is 11.8 Å². The Morgan fingerprint density at radius 2 is 2.04 bits per heavy atom. The molecule has 1 unspecified atom stereocenters. The second-order valence-electron chi connectivity index (χ2n) is 6.18. The van der Waals surface area contributed by atoms with Crippen LogP contribution in [0.15, 0.2) is 36.4 Å². The number of anilines is 1. The van der Waals surface area contributed by atoms with E-state index in [2.05, 4.69) is 0 Å². The van der Waals surface area contributed by atoms with Gasteiger partial charge in [0.05, 0.1) is 17.4 Å². The molecule has 7 heteroatoms. The number of hydrogen-bond acceptors (Lipinski definition) is 4. The Morgan fingerprint density at radius 1 is 1.33 bits per heavy atom. The summed E-state index contributed by atoms with van der Waals surface area (Å²) in [5.74, 6) is -1.21. The molecule has 2 aromatic rings. The second-order valence-corrected chi connectivity index (χ2v) is 7.25. The summed E-state index contributed by atoms with van der Waals surface area (Å²) in [5.41, 5.74) is 2.80. The standard InChI is InChI=1S/C20H17FN2O3S/c1-12-15(3-2-10-22)16(20(25)26)8-9-17(12)23-18(24)11-27-19(23)13-4-6-14(21)7-5-13/h4-9,19H,2-3,11H2,1H3,(H,25,26). The van der Waals surface area contributed by atoms with Crippen LogP contribution in [0.1, 0.15) is 38.8 Å². The highest BCUT2D eigenvalue weighted by atomic mass is 32.2. The minimum absolute atomic E-state index is 0.0910. The van der Waals surface area contributed by atoms with Crippen LogP contribution in [0, 0.1) is 24.1 Å². The van der Waals surface area contributed by atoms with Crippen LogP contribution >= 0.6 is 11.8 Å². The van der Waals surface area contributed by atoms with Crippen molar-refractivity contribution in [2.75, 3.05) is 10.7 Å². The first kappa shape index (κ1) is 18.9. The molecule has 27 heavy (non-hydrogen) atoms. The quantitative estimate of drug-likeness (QED) is 0.840. The molecule has 3 rings (SSSR count). The molecule has 1 saturated heterocycles. The topological polar surface area (TPSA) is 81.4 Å². The Labute approximate surface area is 160 Å². The van der Waals surface area contributed by atoms with Crippen molar-refractivity contribution in [2.24, 2.45) is 0 Å². The Hall–Kier alpha value is -2.85. The zero-order chi connectivity index (χ0) is 19.6. The van der Waals surface area contributed by atoms with Crippen LogP contribution in [0.25, 0.3) is 0 Å². The number of rotatable bonds is 5. The molecule has 0 aromatic heterocycles. The third kappa shape index (κ3) is 3.67. The van der Waals surface area contributed by atoms with Gasteiger partial charge in [0.25, 0.3) is 0 Å². The van der Waals surface area contributed by atoms with E-state index in [-0.39, 0.29) is 34.8 Å². The van der Waals surface area contributed by atoms with Gasteiger partial charge in [0.2, 0.25) is 5.91 Å². The molecule has 5 nitrogen and oxygen atoms in total. The van der Waals surface area contributed by atoms with Gasteiger partial charge in [-0.05, 0) is 54.3 Å². The van der Waals surface area contributed by atoms with Crippen molar-refractivity contribution < 1.29 is 19.1 Å². The number of carbonyl (C=O) groups is 2. The number of carboxylic acids is 1. The monoisotopic (exact) mass is 384 g/mol. The van der Waals surface area contributed by atoms with Crippen LogP contribution in [-0.4, -0.2) is 22.7 Å². The summed E-state index contributed by atoms with van der Waals surface area (Å²) >= 11 is 1.44. The number of halogens is 1. The van der Waals surface area contributed by atoms with Crippen molar-refractivity contribution in [3.8, 4) is 6.07 Å². The van der Waals surface area contributed by atoms with E-state index in [0.29, 0.717) is 23.2 Å². The lowest BCUT2D eigenvalue weighted by Crippen LogP contribution is -2.29. The summed E-state index contributed by atoms with van der Waals surface area (Å²) in [6.45, 7) is 1.77. The van der Waals surface area contributed by atoms with E-state index in [9.17, 15) is 19.1 Å². The van der Waals surface area contributed by atoms with Crippen molar-refractivity contribution >= 4 is 29.3 Å². The van der Waals surface area contributed by atoms with Crippen molar-refractivity contribution in [1.29, 1.82) is 5.26 Å². The number of amides is 1. The Morgan fingerprint density at radius 3 is 2.67 bits per heavy atom. The lowest BCUT2D eigenvalue weighted by atomic mass is 9.95. The van der Waals surface area contributed by atoms with Gasteiger partial charge in [0.15, 0.2) is 0 Å². The van der Waals surface area contributed by atoms with Crippen molar-refractivity contribution in [2.45, 2.75) is 25.1 Å². The van der Waals surface area contributed by atoms with E-state index in [1.54, 1.807) is 30.0 Å². The molecular weight excluding hydrogens is 367 g/mol. The second kappa shape index (κ2) is 7.80. The van der Waals surface area contributed by atoms with Crippen LogP contribution in [0.5, 0.6) is 0 Å². The van der Waals surface area contributed by atoms with Gasteiger partial charge in [-0.1, -0.05) is 12.1 Å². The molecule has 1 amide bonds. The van der Waals surface area contributed by atoms with Gasteiger partial charge in [-0.2, -0.15) is 5.26 Å². The Kier molecular flexibility index (Phi) is 5.47. The van der Waals surface area contributed by atoms with Gasteiger partial charge in [-0.25, -0.2) is 9.18 Å². The fourth-order valence-electron chi connectivity index (χ4n) is 3.27. The smallest absolute Gasteiger partial charge is 0.335 e. The minimum atomic E-state index is -1.06. The lowest BCUT2D eigenvalue weighted by Gasteiger charge is -2.27. The maximum atomic E-state index is 13.3. The summed E-state index contributed by atoms with van der Waals surface area (Å²) in [5, 5.41) is 18.0. The normalized spacial score (nSPS) is 16.4. The molecule has 1 fully saturated rings. The van der Waals surface area contributed by atoms with Gasteiger partial charge in [0, 0.05) is 12.1 Å². The number of carboxylic acid groups (broad SMARTS) is 1. The predicted molar refractivity (Wildman–Crippen MR) is 101 cm³/mol. The Bertz CT molecular complexity index is 937. The maximum Gasteiger partial charge on any atom is 0.335 e. The van der Waals surface area contributed by atoms with Crippen molar-refractivity contribution in [3.05, 3.63) is 64.5 Å². The summed E-state index contributed by atoms with van der Waals surface area (Å²) in [4.78, 5) is 25.8. The highest BCUT2D eigenvalue weighted by Gasteiger charge is 2.35. The van der Waals surface area contributed by atoms with E-state index >= 15 is 0 Å². The van der Waals surface area contributed by atoms with Gasteiger partial charge in [-0.3, -0.25) is 9.69 Å². The Balaban J connectivity index is 2.07. The number of nitrogens with zero attached hydrogens (tertiary/aromatic N) is 2. The first-order valence-electron chi connectivity index (χ1n) is 8.36. The highest BCUT2D eigenvalue weighted by molar-refractivity contribution is 8.00. The van der Waals surface area contributed by atoms with Crippen molar-refractivity contribution in [3.63, 3.8) is 0 Å². The maximum absolute atomic E-state index is 13.3. The zero-order valence-corrected chi connectivity index (χ0v) is 15.4. The van der Waals surface area contributed by atoms with Crippen LogP contribution in [-0.2, 0) is 11.2 Å². The minimum Gasteiger partial charge on any atom is -0.478 e. The molecule has 0 radical (unpaired) electrons. The van der Waals surface area contributed by atoms with Gasteiger partial charge < -0.3 is 5.11 Å². The number of benzene rings is 2. The molecule has 1 atom stereocenters. The van der Waals surface area contributed by atoms with E-state index in [1.807, 2.05) is 6.07 Å². The molecule has 2 aromatic carbocycles. The van der Waals surface area contributed by atoms with Crippen LogP contribution < -0.4 is 4.90 Å². The van der Waals surface area contributed by atoms with Crippen LogP contribution in [0.4, 0.5) is 10.1 Å². The van der Waals surface area contributed by atoms with Crippen LogP contribution in [0.2, 0.25) is 0 Å². The van der Waals surface area contributed by atoms with Crippen LogP contribution in [0.3, 0.4) is 0 Å². The summed E-state index contributed by atoms with van der Waals surface area (Å²) in [6, 6.07) is 11.2. The molecule has 1 heterocycles. The van der Waals surface area contributed by atoms with E-state index in [1.165, 1.54) is 30.0 Å².